The van der Waals surface area contributed by atoms with Gasteiger partial charge in [-0.1, -0.05) is 18.2 Å². The third-order valence-electron chi connectivity index (χ3n) is 3.88. The summed E-state index contributed by atoms with van der Waals surface area (Å²) < 4.78 is 5.41. The number of rotatable bonds is 7. The van der Waals surface area contributed by atoms with Crippen molar-refractivity contribution in [3.8, 4) is 0 Å². The maximum absolute atomic E-state index is 5.41. The summed E-state index contributed by atoms with van der Waals surface area (Å²) >= 11 is 0. The number of hydrogen-bond acceptors (Lipinski definition) is 2. The van der Waals surface area contributed by atoms with Gasteiger partial charge in [0.05, 0.1) is 12.1 Å². The molecule has 0 unspecified atom stereocenters. The van der Waals surface area contributed by atoms with Gasteiger partial charge in [-0.3, -0.25) is 4.99 Å². The molecule has 5 nitrogen and oxygen atoms in total. The van der Waals surface area contributed by atoms with Crippen molar-refractivity contribution in [2.45, 2.75) is 32.8 Å². The number of halogens is 1. The molecule has 2 rings (SSSR count). The number of methoxy groups -OCH3 is 1. The van der Waals surface area contributed by atoms with E-state index in [1.54, 1.807) is 7.11 Å². The molecule has 0 aliphatic heterocycles. The van der Waals surface area contributed by atoms with Gasteiger partial charge in [0.2, 0.25) is 0 Å². The summed E-state index contributed by atoms with van der Waals surface area (Å²) in [4.78, 5) is 7.91. The highest BCUT2D eigenvalue weighted by Crippen LogP contribution is 2.17. The minimum Gasteiger partial charge on any atom is -0.377 e. The number of hydrogen-bond donors (Lipinski definition) is 3. The van der Waals surface area contributed by atoms with Crippen molar-refractivity contribution >= 4 is 40.8 Å². The predicted octanol–water partition coefficient (Wildman–Crippen LogP) is 3.31. The largest absolute Gasteiger partial charge is 0.377 e. The second kappa shape index (κ2) is 9.88. The van der Waals surface area contributed by atoms with Crippen molar-refractivity contribution in [1.29, 1.82) is 0 Å². The predicted molar refractivity (Wildman–Crippen MR) is 112 cm³/mol. The lowest BCUT2D eigenvalue weighted by Gasteiger charge is -2.21. The average Bonchev–Trinajstić information content (AvgIpc) is 2.96. The summed E-state index contributed by atoms with van der Waals surface area (Å²) in [7, 11) is 1.72. The van der Waals surface area contributed by atoms with Gasteiger partial charge in [-0.05, 0) is 38.8 Å². The molecule has 0 radical (unpaired) electrons. The van der Waals surface area contributed by atoms with Crippen molar-refractivity contribution < 1.29 is 4.74 Å². The Morgan fingerprint density at radius 1 is 1.25 bits per heavy atom. The van der Waals surface area contributed by atoms with Gasteiger partial charge in [-0.2, -0.15) is 0 Å². The molecule has 6 heteroatoms. The number of aliphatic imine (C=N–C) groups is 1. The molecule has 0 fully saturated rings. The topological polar surface area (TPSA) is 61.4 Å². The number of fused-ring (bicyclic) bond motifs is 1. The molecule has 0 spiro atoms. The SMILES string of the molecule is CCNC(=NCC(C)(C)OC)NCCc1c[nH]c2ccccc12.I. The smallest absolute Gasteiger partial charge is 0.191 e. The van der Waals surface area contributed by atoms with Crippen LogP contribution in [0.15, 0.2) is 35.5 Å². The molecule has 0 bridgehead atoms. The number of ether oxygens (including phenoxy) is 1. The van der Waals surface area contributed by atoms with Crippen LogP contribution < -0.4 is 10.6 Å². The van der Waals surface area contributed by atoms with Crippen LogP contribution in [0.2, 0.25) is 0 Å². The Bertz CT molecular complexity index is 651. The van der Waals surface area contributed by atoms with Crippen LogP contribution in [0.5, 0.6) is 0 Å². The molecule has 0 aliphatic rings. The van der Waals surface area contributed by atoms with Gasteiger partial charge in [0.25, 0.3) is 0 Å². The maximum Gasteiger partial charge on any atom is 0.191 e. The number of nitrogens with zero attached hydrogens (tertiary/aromatic N) is 1. The van der Waals surface area contributed by atoms with Crippen LogP contribution in [0, 0.1) is 0 Å². The van der Waals surface area contributed by atoms with Crippen LogP contribution in [0.1, 0.15) is 26.3 Å². The van der Waals surface area contributed by atoms with Crippen molar-refractivity contribution in [2.75, 3.05) is 26.7 Å². The molecule has 1 heterocycles. The normalized spacial score (nSPS) is 12.1. The van der Waals surface area contributed by atoms with E-state index in [0.717, 1.165) is 25.5 Å². The molecular weight excluding hydrogens is 415 g/mol. The summed E-state index contributed by atoms with van der Waals surface area (Å²) in [5.74, 6) is 0.831. The van der Waals surface area contributed by atoms with E-state index in [-0.39, 0.29) is 29.6 Å². The third kappa shape index (κ3) is 5.98. The molecule has 0 saturated carbocycles. The molecule has 0 amide bonds. The van der Waals surface area contributed by atoms with Crippen LogP contribution in [0.4, 0.5) is 0 Å². The number of guanidine groups is 1. The van der Waals surface area contributed by atoms with Crippen LogP contribution in [0.3, 0.4) is 0 Å². The molecule has 1 aromatic carbocycles. The van der Waals surface area contributed by atoms with E-state index in [1.165, 1.54) is 16.5 Å². The van der Waals surface area contributed by atoms with Crippen LogP contribution in [-0.2, 0) is 11.2 Å². The first-order valence-corrected chi connectivity index (χ1v) is 8.18. The van der Waals surface area contributed by atoms with E-state index >= 15 is 0 Å². The van der Waals surface area contributed by atoms with Crippen molar-refractivity contribution in [3.63, 3.8) is 0 Å². The zero-order chi connectivity index (χ0) is 16.7. The quantitative estimate of drug-likeness (QED) is 0.349. The van der Waals surface area contributed by atoms with Crippen LogP contribution in [0.25, 0.3) is 10.9 Å². The molecule has 0 aliphatic carbocycles. The molecular formula is C18H29IN4O. The van der Waals surface area contributed by atoms with Crippen molar-refractivity contribution in [3.05, 3.63) is 36.0 Å². The standard InChI is InChI=1S/C18H28N4O.HI/c1-5-19-17(22-13-18(2,3)23-4)20-11-10-14-12-21-16-9-7-6-8-15(14)16;/h6-9,12,21H,5,10-11,13H2,1-4H3,(H2,19,20,22);1H. The second-order valence-electron chi connectivity index (χ2n) is 6.20. The minimum atomic E-state index is -0.251. The molecule has 134 valence electrons. The number of para-hydroxylation sites is 1. The summed E-state index contributed by atoms with van der Waals surface area (Å²) in [5, 5.41) is 7.95. The fourth-order valence-electron chi connectivity index (χ4n) is 2.33. The Morgan fingerprint density at radius 3 is 2.71 bits per heavy atom. The lowest BCUT2D eigenvalue weighted by Crippen LogP contribution is -2.40. The molecule has 0 atom stereocenters. The van der Waals surface area contributed by atoms with Gasteiger partial charge in [0.15, 0.2) is 5.96 Å². The Kier molecular flexibility index (Phi) is 8.55. The molecule has 3 N–H and O–H groups in total. The summed E-state index contributed by atoms with van der Waals surface area (Å²) in [5.41, 5.74) is 2.25. The van der Waals surface area contributed by atoms with Crippen LogP contribution in [-0.4, -0.2) is 43.3 Å². The Labute approximate surface area is 161 Å². The zero-order valence-electron chi connectivity index (χ0n) is 15.0. The minimum absolute atomic E-state index is 0. The highest BCUT2D eigenvalue weighted by atomic mass is 127. The Balaban J connectivity index is 0.00000288. The second-order valence-corrected chi connectivity index (χ2v) is 6.20. The number of H-pyrrole nitrogens is 1. The van der Waals surface area contributed by atoms with E-state index in [4.69, 9.17) is 4.74 Å². The first-order chi connectivity index (χ1) is 11.1. The van der Waals surface area contributed by atoms with E-state index in [0.29, 0.717) is 6.54 Å². The lowest BCUT2D eigenvalue weighted by atomic mass is 10.1. The molecule has 2 aromatic rings. The summed E-state index contributed by atoms with van der Waals surface area (Å²) in [6.45, 7) is 8.43. The fraction of sp³-hybridized carbons (Fsp3) is 0.500. The van der Waals surface area contributed by atoms with Gasteiger partial charge in [0.1, 0.15) is 0 Å². The summed E-state index contributed by atoms with van der Waals surface area (Å²) in [6.07, 6.45) is 3.03. The Morgan fingerprint density at radius 2 is 2.00 bits per heavy atom. The van der Waals surface area contributed by atoms with E-state index in [2.05, 4.69) is 51.9 Å². The van der Waals surface area contributed by atoms with E-state index in [9.17, 15) is 0 Å². The summed E-state index contributed by atoms with van der Waals surface area (Å²) in [6, 6.07) is 8.38. The number of aromatic amines is 1. The first-order valence-electron chi connectivity index (χ1n) is 8.18. The highest BCUT2D eigenvalue weighted by molar-refractivity contribution is 14.0. The lowest BCUT2D eigenvalue weighted by molar-refractivity contribution is 0.0310. The number of aromatic nitrogens is 1. The van der Waals surface area contributed by atoms with Crippen molar-refractivity contribution in [1.82, 2.24) is 15.6 Å². The monoisotopic (exact) mass is 444 g/mol. The molecule has 24 heavy (non-hydrogen) atoms. The van der Waals surface area contributed by atoms with Gasteiger partial charge in [-0.15, -0.1) is 24.0 Å². The zero-order valence-corrected chi connectivity index (χ0v) is 17.3. The van der Waals surface area contributed by atoms with Crippen molar-refractivity contribution in [2.24, 2.45) is 4.99 Å². The average molecular weight is 444 g/mol. The fourth-order valence-corrected chi connectivity index (χ4v) is 2.33. The highest BCUT2D eigenvalue weighted by Gasteiger charge is 2.15. The van der Waals surface area contributed by atoms with E-state index < -0.39 is 0 Å². The number of benzene rings is 1. The maximum atomic E-state index is 5.41. The molecule has 1 aromatic heterocycles. The Hall–Kier alpha value is -1.28. The third-order valence-corrected chi connectivity index (χ3v) is 3.88. The van der Waals surface area contributed by atoms with Gasteiger partial charge >= 0.3 is 0 Å². The van der Waals surface area contributed by atoms with Crippen LogP contribution >= 0.6 is 24.0 Å². The first kappa shape index (κ1) is 20.8. The number of nitrogens with one attached hydrogen (secondary N) is 3. The molecule has 0 saturated heterocycles. The van der Waals surface area contributed by atoms with Gasteiger partial charge in [0, 0.05) is 37.3 Å². The van der Waals surface area contributed by atoms with Gasteiger partial charge < -0.3 is 20.4 Å². The van der Waals surface area contributed by atoms with E-state index in [1.807, 2.05) is 19.9 Å². The van der Waals surface area contributed by atoms with Gasteiger partial charge in [-0.25, -0.2) is 0 Å².